The molecule has 0 aromatic carbocycles. The van der Waals surface area contributed by atoms with Gasteiger partial charge in [0.2, 0.25) is 0 Å². The first-order valence-electron chi connectivity index (χ1n) is 5.18. The fourth-order valence-electron chi connectivity index (χ4n) is 1.34. The predicted octanol–water partition coefficient (Wildman–Crippen LogP) is 2.60. The molecule has 0 heterocycles. The average Bonchev–Trinajstić information content (AvgIpc) is 2.05. The topological polar surface area (TPSA) is 29.5 Å². The van der Waals surface area contributed by atoms with Crippen LogP contribution >= 0.6 is 0 Å². The summed E-state index contributed by atoms with van der Waals surface area (Å²) >= 11 is 0. The average molecular weight is 188 g/mol. The first-order chi connectivity index (χ1) is 6.02. The van der Waals surface area contributed by atoms with Crippen molar-refractivity contribution in [3.63, 3.8) is 0 Å². The van der Waals surface area contributed by atoms with Crippen molar-refractivity contribution >= 4 is 0 Å². The van der Waals surface area contributed by atoms with Gasteiger partial charge in [0.25, 0.3) is 0 Å². The van der Waals surface area contributed by atoms with Crippen molar-refractivity contribution in [1.82, 2.24) is 0 Å². The van der Waals surface area contributed by atoms with Gasteiger partial charge in [-0.2, -0.15) is 0 Å². The number of ether oxygens (including phenoxy) is 1. The maximum Gasteiger partial charge on any atom is 0.0622 e. The summed E-state index contributed by atoms with van der Waals surface area (Å²) in [5.41, 5.74) is 0.0128. The molecule has 0 rings (SSSR count). The number of hydrogen-bond donors (Lipinski definition) is 1. The molecule has 2 heteroatoms. The Morgan fingerprint density at radius 1 is 1.31 bits per heavy atom. The van der Waals surface area contributed by atoms with Crippen LogP contribution in [0.15, 0.2) is 0 Å². The first kappa shape index (κ1) is 12.9. The Morgan fingerprint density at radius 2 is 1.92 bits per heavy atom. The van der Waals surface area contributed by atoms with E-state index in [1.54, 1.807) is 7.11 Å². The molecule has 2 nitrogen and oxygen atoms in total. The minimum Gasteiger partial charge on any atom is -0.396 e. The second kappa shape index (κ2) is 6.39. The Balaban J connectivity index is 3.44. The van der Waals surface area contributed by atoms with Crippen LogP contribution in [-0.4, -0.2) is 24.4 Å². The fraction of sp³-hybridized carbons (Fsp3) is 1.00. The lowest BCUT2D eigenvalue weighted by Crippen LogP contribution is -2.22. The van der Waals surface area contributed by atoms with Gasteiger partial charge in [-0.15, -0.1) is 0 Å². The van der Waals surface area contributed by atoms with Gasteiger partial charge < -0.3 is 9.84 Å². The summed E-state index contributed by atoms with van der Waals surface area (Å²) in [4.78, 5) is 0. The molecule has 1 N–H and O–H groups in total. The number of methoxy groups -OCH3 is 1. The number of aliphatic hydroxyl groups excluding tert-OH is 1. The van der Waals surface area contributed by atoms with Crippen molar-refractivity contribution < 1.29 is 9.84 Å². The van der Waals surface area contributed by atoms with Crippen LogP contribution in [0.1, 0.15) is 46.5 Å². The summed E-state index contributed by atoms with van der Waals surface area (Å²) in [7, 11) is 1.76. The Bertz CT molecular complexity index is 121. The molecule has 0 aliphatic carbocycles. The van der Waals surface area contributed by atoms with E-state index in [0.29, 0.717) is 12.5 Å². The zero-order valence-electron chi connectivity index (χ0n) is 9.47. The molecule has 80 valence electrons. The third kappa shape index (κ3) is 7.03. The van der Waals surface area contributed by atoms with Gasteiger partial charge in [0.15, 0.2) is 0 Å². The molecule has 0 fully saturated rings. The maximum atomic E-state index is 8.72. The van der Waals surface area contributed by atoms with E-state index in [-0.39, 0.29) is 5.60 Å². The van der Waals surface area contributed by atoms with Crippen molar-refractivity contribution in [2.75, 3.05) is 13.7 Å². The minimum absolute atomic E-state index is 0.0128. The Morgan fingerprint density at radius 3 is 2.38 bits per heavy atom. The standard InChI is InChI=1S/C11H24O2/c1-10(7-9-12)6-5-8-11(2,3)13-4/h10,12H,5-9H2,1-4H3/t10-/m1/s1. The van der Waals surface area contributed by atoms with Gasteiger partial charge >= 0.3 is 0 Å². The van der Waals surface area contributed by atoms with Crippen LogP contribution in [0.2, 0.25) is 0 Å². The summed E-state index contributed by atoms with van der Waals surface area (Å²) in [6.45, 7) is 6.73. The van der Waals surface area contributed by atoms with Crippen LogP contribution in [0.4, 0.5) is 0 Å². The molecule has 0 aliphatic rings. The lowest BCUT2D eigenvalue weighted by Gasteiger charge is -2.23. The van der Waals surface area contributed by atoms with Crippen molar-refractivity contribution in [3.05, 3.63) is 0 Å². The second-order valence-corrected chi connectivity index (χ2v) is 4.47. The van der Waals surface area contributed by atoms with Crippen LogP contribution < -0.4 is 0 Å². The molecule has 0 radical (unpaired) electrons. The smallest absolute Gasteiger partial charge is 0.0622 e. The van der Waals surface area contributed by atoms with Gasteiger partial charge in [0.05, 0.1) is 5.60 Å². The van der Waals surface area contributed by atoms with Crippen molar-refractivity contribution in [2.24, 2.45) is 5.92 Å². The minimum atomic E-state index is 0.0128. The number of aliphatic hydroxyl groups is 1. The summed E-state index contributed by atoms with van der Waals surface area (Å²) in [5, 5.41) is 8.72. The van der Waals surface area contributed by atoms with E-state index >= 15 is 0 Å². The highest BCUT2D eigenvalue weighted by molar-refractivity contribution is 4.68. The van der Waals surface area contributed by atoms with E-state index in [0.717, 1.165) is 12.8 Å². The van der Waals surface area contributed by atoms with Crippen LogP contribution in [0.3, 0.4) is 0 Å². The molecule has 0 aromatic rings. The Labute approximate surface area is 82.3 Å². The first-order valence-corrected chi connectivity index (χ1v) is 5.18. The Kier molecular flexibility index (Phi) is 6.35. The zero-order chi connectivity index (χ0) is 10.3. The highest BCUT2D eigenvalue weighted by atomic mass is 16.5. The molecule has 1 atom stereocenters. The summed E-state index contributed by atoms with van der Waals surface area (Å²) in [5.74, 6) is 0.637. The van der Waals surface area contributed by atoms with E-state index in [2.05, 4.69) is 20.8 Å². The van der Waals surface area contributed by atoms with Crippen LogP contribution in [0.5, 0.6) is 0 Å². The van der Waals surface area contributed by atoms with Gasteiger partial charge in [0.1, 0.15) is 0 Å². The highest BCUT2D eigenvalue weighted by Crippen LogP contribution is 2.19. The maximum absolute atomic E-state index is 8.72. The van der Waals surface area contributed by atoms with E-state index in [1.807, 2.05) is 0 Å². The third-order valence-corrected chi connectivity index (χ3v) is 2.65. The predicted molar refractivity (Wildman–Crippen MR) is 55.8 cm³/mol. The monoisotopic (exact) mass is 188 g/mol. The van der Waals surface area contributed by atoms with Crippen LogP contribution in [0, 0.1) is 5.92 Å². The number of rotatable bonds is 7. The molecule has 13 heavy (non-hydrogen) atoms. The summed E-state index contributed by atoms with van der Waals surface area (Å²) in [6.07, 6.45) is 4.39. The van der Waals surface area contributed by atoms with E-state index in [1.165, 1.54) is 12.8 Å². The van der Waals surface area contributed by atoms with Gasteiger partial charge in [0, 0.05) is 13.7 Å². The quantitative estimate of drug-likeness (QED) is 0.665. The molecule has 0 unspecified atom stereocenters. The zero-order valence-corrected chi connectivity index (χ0v) is 9.47. The molecule has 0 saturated heterocycles. The lowest BCUT2D eigenvalue weighted by molar-refractivity contribution is 0.0126. The summed E-state index contributed by atoms with van der Waals surface area (Å²) in [6, 6.07) is 0. The van der Waals surface area contributed by atoms with Crippen LogP contribution in [-0.2, 0) is 4.74 Å². The van der Waals surface area contributed by atoms with Gasteiger partial charge in [-0.05, 0) is 32.6 Å². The van der Waals surface area contributed by atoms with Crippen molar-refractivity contribution in [3.8, 4) is 0 Å². The Hall–Kier alpha value is -0.0800. The van der Waals surface area contributed by atoms with Crippen LogP contribution in [0.25, 0.3) is 0 Å². The van der Waals surface area contributed by atoms with Gasteiger partial charge in [-0.25, -0.2) is 0 Å². The largest absolute Gasteiger partial charge is 0.396 e. The molecule has 0 bridgehead atoms. The van der Waals surface area contributed by atoms with Gasteiger partial charge in [-0.3, -0.25) is 0 Å². The van der Waals surface area contributed by atoms with E-state index < -0.39 is 0 Å². The molecule has 0 saturated carbocycles. The molecule has 0 spiro atoms. The fourth-order valence-corrected chi connectivity index (χ4v) is 1.34. The third-order valence-electron chi connectivity index (χ3n) is 2.65. The lowest BCUT2D eigenvalue weighted by atomic mass is 9.95. The molecular weight excluding hydrogens is 164 g/mol. The normalized spacial score (nSPS) is 14.5. The van der Waals surface area contributed by atoms with E-state index in [4.69, 9.17) is 9.84 Å². The van der Waals surface area contributed by atoms with Crippen molar-refractivity contribution in [2.45, 2.75) is 52.1 Å². The van der Waals surface area contributed by atoms with Gasteiger partial charge in [-0.1, -0.05) is 19.8 Å². The number of hydrogen-bond acceptors (Lipinski definition) is 2. The van der Waals surface area contributed by atoms with E-state index in [9.17, 15) is 0 Å². The molecule has 0 amide bonds. The van der Waals surface area contributed by atoms with Crippen molar-refractivity contribution in [1.29, 1.82) is 0 Å². The summed E-state index contributed by atoms with van der Waals surface area (Å²) < 4.78 is 5.33. The molecule has 0 aromatic heterocycles. The highest BCUT2D eigenvalue weighted by Gasteiger charge is 2.15. The second-order valence-electron chi connectivity index (χ2n) is 4.47. The SMILES string of the molecule is COC(C)(C)CCC[C@@H](C)CCO. The molecular formula is C11H24O2. The molecule has 0 aliphatic heterocycles.